The highest BCUT2D eigenvalue weighted by atomic mass is 35.5. The molecule has 22 heavy (non-hydrogen) atoms. The van der Waals surface area contributed by atoms with Crippen LogP contribution < -0.4 is 10.6 Å². The van der Waals surface area contributed by atoms with E-state index in [4.69, 9.17) is 23.2 Å². The molecular weight excluding hydrogens is 319 g/mol. The number of amides is 2. The Bertz CT molecular complexity index is 701. The van der Waals surface area contributed by atoms with E-state index in [9.17, 15) is 4.79 Å². The Labute approximate surface area is 140 Å². The van der Waals surface area contributed by atoms with Gasteiger partial charge in [-0.25, -0.2) is 4.79 Å². The van der Waals surface area contributed by atoms with E-state index in [-0.39, 0.29) is 12.1 Å². The van der Waals surface area contributed by atoms with Gasteiger partial charge in [0.15, 0.2) is 0 Å². The van der Waals surface area contributed by atoms with Gasteiger partial charge in [-0.3, -0.25) is 0 Å². The van der Waals surface area contributed by atoms with Crippen molar-refractivity contribution in [2.75, 3.05) is 5.32 Å². The predicted octanol–water partition coefficient (Wildman–Crippen LogP) is 5.49. The van der Waals surface area contributed by atoms with Crippen molar-refractivity contribution in [3.05, 3.63) is 63.1 Å². The Kier molecular flexibility index (Phi) is 5.33. The Morgan fingerprint density at radius 1 is 1.14 bits per heavy atom. The molecule has 0 saturated carbocycles. The number of carbonyl (C=O) groups is 1. The number of rotatable bonds is 3. The minimum absolute atomic E-state index is 0.227. The van der Waals surface area contributed by atoms with Gasteiger partial charge in [0, 0.05) is 15.7 Å². The van der Waals surface area contributed by atoms with Gasteiger partial charge in [0.05, 0.1) is 6.04 Å². The summed E-state index contributed by atoms with van der Waals surface area (Å²) in [6.07, 6.45) is 0. The molecule has 0 spiro atoms. The number of aryl methyl sites for hydroxylation is 1. The average Bonchev–Trinajstić information content (AvgIpc) is 2.43. The van der Waals surface area contributed by atoms with Crippen molar-refractivity contribution in [3.63, 3.8) is 0 Å². The van der Waals surface area contributed by atoms with Crippen LogP contribution in [-0.2, 0) is 0 Å². The summed E-state index contributed by atoms with van der Waals surface area (Å²) in [5.74, 6) is 0. The first-order valence-electron chi connectivity index (χ1n) is 6.97. The third-order valence-electron chi connectivity index (χ3n) is 3.63. The van der Waals surface area contributed by atoms with Crippen molar-refractivity contribution in [2.24, 2.45) is 0 Å². The topological polar surface area (TPSA) is 41.1 Å². The molecule has 0 fully saturated rings. The molecule has 0 aliphatic carbocycles. The van der Waals surface area contributed by atoms with E-state index in [1.807, 2.05) is 45.0 Å². The van der Waals surface area contributed by atoms with Crippen molar-refractivity contribution < 1.29 is 4.79 Å². The van der Waals surface area contributed by atoms with Crippen LogP contribution >= 0.6 is 23.2 Å². The van der Waals surface area contributed by atoms with E-state index in [1.165, 1.54) is 0 Å². The lowest BCUT2D eigenvalue weighted by Crippen LogP contribution is -2.31. The maximum atomic E-state index is 12.1. The van der Waals surface area contributed by atoms with Gasteiger partial charge in [-0.05, 0) is 55.7 Å². The van der Waals surface area contributed by atoms with Crippen LogP contribution in [0, 0.1) is 13.8 Å². The van der Waals surface area contributed by atoms with Crippen molar-refractivity contribution in [3.8, 4) is 0 Å². The second kappa shape index (κ2) is 7.03. The highest BCUT2D eigenvalue weighted by Crippen LogP contribution is 2.26. The minimum Gasteiger partial charge on any atom is -0.331 e. The van der Waals surface area contributed by atoms with Gasteiger partial charge < -0.3 is 10.6 Å². The van der Waals surface area contributed by atoms with E-state index in [1.54, 1.807) is 12.1 Å². The molecule has 0 unspecified atom stereocenters. The second-order valence-electron chi connectivity index (χ2n) is 5.23. The van der Waals surface area contributed by atoms with Crippen LogP contribution in [0.1, 0.15) is 29.7 Å². The third-order valence-corrected chi connectivity index (χ3v) is 4.19. The summed E-state index contributed by atoms with van der Waals surface area (Å²) in [5.41, 5.74) is 3.80. The molecule has 0 saturated heterocycles. The molecule has 2 N–H and O–H groups in total. The molecule has 0 aromatic heterocycles. The molecule has 0 radical (unpaired) electrons. The van der Waals surface area contributed by atoms with Crippen molar-refractivity contribution in [1.82, 2.24) is 5.32 Å². The Balaban J connectivity index is 2.07. The molecule has 5 heteroatoms. The number of carbonyl (C=O) groups excluding carboxylic acids is 1. The summed E-state index contributed by atoms with van der Waals surface area (Å²) in [5, 5.41) is 6.84. The highest BCUT2D eigenvalue weighted by molar-refractivity contribution is 6.35. The fraction of sp³-hybridized carbons (Fsp3) is 0.235. The molecular formula is C17H18Cl2N2O. The lowest BCUT2D eigenvalue weighted by molar-refractivity contribution is 0.249. The Morgan fingerprint density at radius 3 is 2.55 bits per heavy atom. The molecule has 3 nitrogen and oxygen atoms in total. The monoisotopic (exact) mass is 336 g/mol. The van der Waals surface area contributed by atoms with Gasteiger partial charge in [-0.15, -0.1) is 0 Å². The maximum Gasteiger partial charge on any atom is 0.319 e. The first-order valence-corrected chi connectivity index (χ1v) is 7.72. The standard InChI is InChI=1S/C17H18Cl2N2O/c1-10-5-4-6-16(11(10)2)21-17(22)20-12(3)14-8-7-13(18)9-15(14)19/h4-9,12H,1-3H3,(H2,20,21,22)/t12-/m0/s1. The number of urea groups is 1. The van der Waals surface area contributed by atoms with Crippen LogP contribution in [0.3, 0.4) is 0 Å². The quantitative estimate of drug-likeness (QED) is 0.764. The van der Waals surface area contributed by atoms with Crippen LogP contribution in [-0.4, -0.2) is 6.03 Å². The summed E-state index contributed by atoms with van der Waals surface area (Å²) >= 11 is 12.0. The molecule has 1 atom stereocenters. The molecule has 116 valence electrons. The lowest BCUT2D eigenvalue weighted by atomic mass is 10.1. The summed E-state index contributed by atoms with van der Waals surface area (Å²) < 4.78 is 0. The first-order chi connectivity index (χ1) is 10.4. The average molecular weight is 337 g/mol. The van der Waals surface area contributed by atoms with Gasteiger partial charge >= 0.3 is 6.03 Å². The summed E-state index contributed by atoms with van der Waals surface area (Å²) in [7, 11) is 0. The first kappa shape index (κ1) is 16.7. The van der Waals surface area contributed by atoms with E-state index in [0.717, 1.165) is 22.4 Å². The second-order valence-corrected chi connectivity index (χ2v) is 6.08. The summed E-state index contributed by atoms with van der Waals surface area (Å²) in [4.78, 5) is 12.1. The number of nitrogens with one attached hydrogen (secondary N) is 2. The van der Waals surface area contributed by atoms with Crippen LogP contribution in [0.4, 0.5) is 10.5 Å². The van der Waals surface area contributed by atoms with E-state index < -0.39 is 0 Å². The molecule has 0 aliphatic heterocycles. The maximum absolute atomic E-state index is 12.1. The van der Waals surface area contributed by atoms with Crippen LogP contribution in [0.2, 0.25) is 10.0 Å². The van der Waals surface area contributed by atoms with Crippen molar-refractivity contribution in [1.29, 1.82) is 0 Å². The van der Waals surface area contributed by atoms with E-state index in [2.05, 4.69) is 10.6 Å². The van der Waals surface area contributed by atoms with E-state index >= 15 is 0 Å². The number of hydrogen-bond acceptors (Lipinski definition) is 1. The van der Waals surface area contributed by atoms with Crippen LogP contribution in [0.25, 0.3) is 0 Å². The number of hydrogen-bond donors (Lipinski definition) is 2. The number of benzene rings is 2. The van der Waals surface area contributed by atoms with Crippen LogP contribution in [0.15, 0.2) is 36.4 Å². The summed E-state index contributed by atoms with van der Waals surface area (Å²) in [6.45, 7) is 5.86. The van der Waals surface area contributed by atoms with Crippen molar-refractivity contribution >= 4 is 34.9 Å². The van der Waals surface area contributed by atoms with Gasteiger partial charge in [0.1, 0.15) is 0 Å². The molecule has 0 heterocycles. The molecule has 2 aromatic carbocycles. The molecule has 2 aromatic rings. The van der Waals surface area contributed by atoms with E-state index in [0.29, 0.717) is 10.0 Å². The SMILES string of the molecule is Cc1cccc(NC(=O)N[C@@H](C)c2ccc(Cl)cc2Cl)c1C. The molecule has 2 rings (SSSR count). The lowest BCUT2D eigenvalue weighted by Gasteiger charge is -2.17. The smallest absolute Gasteiger partial charge is 0.319 e. The van der Waals surface area contributed by atoms with Gasteiger partial charge in [0.25, 0.3) is 0 Å². The normalized spacial score (nSPS) is 11.9. The minimum atomic E-state index is -0.271. The summed E-state index contributed by atoms with van der Waals surface area (Å²) in [6, 6.07) is 10.5. The number of anilines is 1. The van der Waals surface area contributed by atoms with Gasteiger partial charge in [-0.2, -0.15) is 0 Å². The fourth-order valence-electron chi connectivity index (χ4n) is 2.17. The van der Waals surface area contributed by atoms with Crippen molar-refractivity contribution in [2.45, 2.75) is 26.8 Å². The largest absolute Gasteiger partial charge is 0.331 e. The van der Waals surface area contributed by atoms with Gasteiger partial charge in [0.2, 0.25) is 0 Å². The van der Waals surface area contributed by atoms with Gasteiger partial charge in [-0.1, -0.05) is 41.4 Å². The predicted molar refractivity (Wildman–Crippen MR) is 92.9 cm³/mol. The number of halogens is 2. The Hall–Kier alpha value is -1.71. The Morgan fingerprint density at radius 2 is 1.86 bits per heavy atom. The molecule has 2 amide bonds. The van der Waals surface area contributed by atoms with Crippen LogP contribution in [0.5, 0.6) is 0 Å². The zero-order valence-corrected chi connectivity index (χ0v) is 14.2. The molecule has 0 bridgehead atoms. The fourth-order valence-corrected chi connectivity index (χ4v) is 2.74. The molecule has 0 aliphatic rings. The third kappa shape index (κ3) is 3.93. The highest BCUT2D eigenvalue weighted by Gasteiger charge is 2.13. The zero-order valence-electron chi connectivity index (χ0n) is 12.7. The zero-order chi connectivity index (χ0) is 16.3.